The first-order valence-electron chi connectivity index (χ1n) is 8.50. The third-order valence-corrected chi connectivity index (χ3v) is 4.80. The summed E-state index contributed by atoms with van der Waals surface area (Å²) in [5, 5.41) is 3.09. The van der Waals surface area contributed by atoms with Gasteiger partial charge in [0.1, 0.15) is 0 Å². The average molecular weight is 318 g/mol. The number of para-hydroxylation sites is 1. The summed E-state index contributed by atoms with van der Waals surface area (Å²) in [5.74, 6) is -0.323. The minimum atomic E-state index is -0.377. The van der Waals surface area contributed by atoms with E-state index in [1.807, 2.05) is 19.1 Å². The highest BCUT2D eigenvalue weighted by atomic mass is 16.7. The number of rotatable bonds is 4. The fourth-order valence-corrected chi connectivity index (χ4v) is 3.42. The molecule has 0 aromatic heterocycles. The van der Waals surface area contributed by atoms with Gasteiger partial charge in [0.15, 0.2) is 5.79 Å². The Labute approximate surface area is 137 Å². The van der Waals surface area contributed by atoms with Crippen LogP contribution in [0.5, 0.6) is 0 Å². The van der Waals surface area contributed by atoms with E-state index in [4.69, 9.17) is 9.47 Å². The zero-order valence-corrected chi connectivity index (χ0v) is 14.1. The molecule has 0 radical (unpaired) electrons. The number of carbonyl (C=O) groups is 1. The number of amides is 1. The van der Waals surface area contributed by atoms with Crippen molar-refractivity contribution in [2.24, 2.45) is 0 Å². The number of hydrogen-bond donors (Lipinski definition) is 1. The molecular weight excluding hydrogens is 292 g/mol. The van der Waals surface area contributed by atoms with Crippen molar-refractivity contribution in [1.82, 2.24) is 4.90 Å². The van der Waals surface area contributed by atoms with Crippen LogP contribution in [0.1, 0.15) is 30.9 Å². The van der Waals surface area contributed by atoms with Gasteiger partial charge in [-0.15, -0.1) is 0 Å². The van der Waals surface area contributed by atoms with Gasteiger partial charge in [0.25, 0.3) is 0 Å². The van der Waals surface area contributed by atoms with E-state index in [1.54, 1.807) is 0 Å². The Hall–Kier alpha value is -1.43. The molecule has 1 aromatic carbocycles. The molecule has 0 atom stereocenters. The number of hydrogen-bond acceptors (Lipinski definition) is 4. The van der Waals surface area contributed by atoms with Gasteiger partial charge in [-0.1, -0.05) is 25.1 Å². The molecule has 23 heavy (non-hydrogen) atoms. The topological polar surface area (TPSA) is 50.8 Å². The van der Waals surface area contributed by atoms with E-state index in [9.17, 15) is 4.79 Å². The number of likely N-dealkylation sites (tertiary alicyclic amines) is 1. The number of piperidine rings is 1. The van der Waals surface area contributed by atoms with E-state index in [0.717, 1.165) is 43.6 Å². The van der Waals surface area contributed by atoms with E-state index in [0.29, 0.717) is 19.8 Å². The van der Waals surface area contributed by atoms with Gasteiger partial charge in [-0.25, -0.2) is 0 Å². The Morgan fingerprint density at radius 3 is 2.61 bits per heavy atom. The van der Waals surface area contributed by atoms with Crippen molar-refractivity contribution in [2.45, 2.75) is 38.9 Å². The van der Waals surface area contributed by atoms with Crippen LogP contribution in [0.2, 0.25) is 0 Å². The van der Waals surface area contributed by atoms with Crippen LogP contribution in [-0.4, -0.2) is 49.4 Å². The quantitative estimate of drug-likeness (QED) is 0.926. The van der Waals surface area contributed by atoms with Crippen LogP contribution in [0.4, 0.5) is 5.69 Å². The molecule has 0 aliphatic carbocycles. The molecule has 1 N–H and O–H groups in total. The molecule has 0 unspecified atom stereocenters. The Kier molecular flexibility index (Phi) is 4.99. The monoisotopic (exact) mass is 318 g/mol. The molecule has 2 heterocycles. The third-order valence-electron chi connectivity index (χ3n) is 4.80. The second-order valence-electron chi connectivity index (χ2n) is 6.39. The van der Waals surface area contributed by atoms with Crippen LogP contribution in [0, 0.1) is 6.92 Å². The average Bonchev–Trinajstić information content (AvgIpc) is 3.00. The highest BCUT2D eigenvalue weighted by molar-refractivity contribution is 5.93. The Balaban J connectivity index is 1.54. The predicted octanol–water partition coefficient (Wildman–Crippen LogP) is 2.33. The van der Waals surface area contributed by atoms with Gasteiger partial charge in [-0.3, -0.25) is 9.69 Å². The Morgan fingerprint density at radius 2 is 1.96 bits per heavy atom. The summed E-state index contributed by atoms with van der Waals surface area (Å²) in [4.78, 5) is 14.6. The van der Waals surface area contributed by atoms with Crippen molar-refractivity contribution in [3.8, 4) is 0 Å². The fourth-order valence-electron chi connectivity index (χ4n) is 3.42. The summed E-state index contributed by atoms with van der Waals surface area (Å²) >= 11 is 0. The molecule has 0 bridgehead atoms. The molecule has 126 valence electrons. The normalized spacial score (nSPS) is 20.8. The number of nitrogens with one attached hydrogen (secondary N) is 1. The van der Waals surface area contributed by atoms with Crippen LogP contribution < -0.4 is 5.32 Å². The maximum Gasteiger partial charge on any atom is 0.238 e. The first-order valence-corrected chi connectivity index (χ1v) is 8.50. The summed E-state index contributed by atoms with van der Waals surface area (Å²) in [6, 6.07) is 6.14. The number of carbonyl (C=O) groups excluding carboxylic acids is 1. The first kappa shape index (κ1) is 16.4. The molecule has 1 amide bonds. The van der Waals surface area contributed by atoms with Crippen molar-refractivity contribution in [3.63, 3.8) is 0 Å². The predicted molar refractivity (Wildman–Crippen MR) is 89.5 cm³/mol. The van der Waals surface area contributed by atoms with E-state index in [1.165, 1.54) is 5.56 Å². The number of nitrogens with zero attached hydrogens (tertiary/aromatic N) is 1. The van der Waals surface area contributed by atoms with E-state index >= 15 is 0 Å². The summed E-state index contributed by atoms with van der Waals surface area (Å²) in [6.07, 6.45) is 2.59. The summed E-state index contributed by atoms with van der Waals surface area (Å²) in [5.41, 5.74) is 3.27. The lowest BCUT2D eigenvalue weighted by molar-refractivity contribution is -0.185. The van der Waals surface area contributed by atoms with Gasteiger partial charge in [-0.05, 0) is 24.5 Å². The minimum Gasteiger partial charge on any atom is -0.347 e. The van der Waals surface area contributed by atoms with Gasteiger partial charge in [-0.2, -0.15) is 0 Å². The molecule has 1 spiro atoms. The molecule has 2 aliphatic heterocycles. The standard InChI is InChI=1S/C18H26N2O3/c1-3-15-6-4-5-14(2)17(15)19-16(21)13-20-9-7-18(8-10-20)22-11-12-23-18/h4-6H,3,7-13H2,1-2H3,(H,19,21). The van der Waals surface area contributed by atoms with Gasteiger partial charge >= 0.3 is 0 Å². The minimum absolute atomic E-state index is 0.0539. The third kappa shape index (κ3) is 3.74. The van der Waals surface area contributed by atoms with Gasteiger partial charge < -0.3 is 14.8 Å². The summed E-state index contributed by atoms with van der Waals surface area (Å²) in [7, 11) is 0. The lowest BCUT2D eigenvalue weighted by Crippen LogP contribution is -2.47. The molecule has 3 rings (SSSR count). The highest BCUT2D eigenvalue weighted by Gasteiger charge is 2.39. The largest absolute Gasteiger partial charge is 0.347 e. The number of anilines is 1. The first-order chi connectivity index (χ1) is 11.1. The van der Waals surface area contributed by atoms with Crippen molar-refractivity contribution in [1.29, 1.82) is 0 Å². The van der Waals surface area contributed by atoms with Crippen LogP contribution >= 0.6 is 0 Å². The molecule has 5 nitrogen and oxygen atoms in total. The zero-order chi connectivity index (χ0) is 16.3. The maximum atomic E-state index is 12.4. The smallest absolute Gasteiger partial charge is 0.238 e. The van der Waals surface area contributed by atoms with Crippen molar-refractivity contribution >= 4 is 11.6 Å². The molecule has 1 aromatic rings. The van der Waals surface area contributed by atoms with Gasteiger partial charge in [0.05, 0.1) is 19.8 Å². The molecule has 2 saturated heterocycles. The van der Waals surface area contributed by atoms with Crippen LogP contribution in [0.3, 0.4) is 0 Å². The molecule has 2 fully saturated rings. The Morgan fingerprint density at radius 1 is 1.26 bits per heavy atom. The number of aryl methyl sites for hydroxylation is 2. The molecule has 2 aliphatic rings. The van der Waals surface area contributed by atoms with E-state index in [2.05, 4.69) is 23.2 Å². The zero-order valence-electron chi connectivity index (χ0n) is 14.1. The lowest BCUT2D eigenvalue weighted by atomic mass is 10.0. The SMILES string of the molecule is CCc1cccc(C)c1NC(=O)CN1CCC2(CC1)OCCO2. The van der Waals surface area contributed by atoms with Crippen LogP contribution in [0.15, 0.2) is 18.2 Å². The lowest BCUT2D eigenvalue weighted by Gasteiger charge is -2.37. The van der Waals surface area contributed by atoms with Gasteiger partial charge in [0, 0.05) is 31.6 Å². The number of ether oxygens (including phenoxy) is 2. The molecule has 5 heteroatoms. The van der Waals surface area contributed by atoms with Crippen molar-refractivity contribution < 1.29 is 14.3 Å². The van der Waals surface area contributed by atoms with Gasteiger partial charge in [0.2, 0.25) is 5.91 Å². The second-order valence-corrected chi connectivity index (χ2v) is 6.39. The molecule has 0 saturated carbocycles. The second kappa shape index (κ2) is 6.99. The van der Waals surface area contributed by atoms with E-state index in [-0.39, 0.29) is 11.7 Å². The van der Waals surface area contributed by atoms with Crippen molar-refractivity contribution in [2.75, 3.05) is 38.2 Å². The summed E-state index contributed by atoms with van der Waals surface area (Å²) in [6.45, 7) is 7.61. The van der Waals surface area contributed by atoms with Crippen LogP contribution in [0.25, 0.3) is 0 Å². The Bertz CT molecular complexity index is 557. The van der Waals surface area contributed by atoms with Crippen molar-refractivity contribution in [3.05, 3.63) is 29.3 Å². The maximum absolute atomic E-state index is 12.4. The fraction of sp³-hybridized carbons (Fsp3) is 0.611. The summed E-state index contributed by atoms with van der Waals surface area (Å²) < 4.78 is 11.5. The van der Waals surface area contributed by atoms with E-state index < -0.39 is 0 Å². The van der Waals surface area contributed by atoms with Crippen LogP contribution in [-0.2, 0) is 20.7 Å². The highest BCUT2D eigenvalue weighted by Crippen LogP contribution is 2.31. The number of benzene rings is 1. The molecular formula is C18H26N2O3.